The van der Waals surface area contributed by atoms with Crippen molar-refractivity contribution in [1.82, 2.24) is 19.1 Å². The number of fused-ring (bicyclic) bond motifs is 1. The van der Waals surface area contributed by atoms with Crippen LogP contribution in [0.3, 0.4) is 0 Å². The van der Waals surface area contributed by atoms with E-state index in [2.05, 4.69) is 9.97 Å². The molecule has 27 heavy (non-hydrogen) atoms. The van der Waals surface area contributed by atoms with Gasteiger partial charge in [0.15, 0.2) is 0 Å². The number of nitrogens with two attached hydrogens (primary N) is 1. The SMILES string of the molecule is COc1ccc(Cn2c(=O)n(CC(C)O)c3c(OB=N)nc(N)nc32)cc1. The first kappa shape index (κ1) is 18.6. The summed E-state index contributed by atoms with van der Waals surface area (Å²) in [5.74, 6) is 0.603. The number of aliphatic hydroxyl groups excluding tert-OH is 1. The Hall–Kier alpha value is -3.21. The standard InChI is InChI=1S/C16H19BN6O4/c1-9(24)7-22-12-13(20-15(18)21-14(12)27-17-19)23(16(22)25)8-10-3-5-11(26-2)6-4-10/h3-6,9,19,24H,7-8H2,1-2H3,(H2,18,20,21). The van der Waals surface area contributed by atoms with Crippen LogP contribution >= 0.6 is 0 Å². The maximum atomic E-state index is 13.0. The van der Waals surface area contributed by atoms with Gasteiger partial charge in [0.1, 0.15) is 0 Å². The van der Waals surface area contributed by atoms with Crippen molar-refractivity contribution in [2.45, 2.75) is 26.1 Å². The molecule has 3 aromatic rings. The Balaban J connectivity index is 2.20. The summed E-state index contributed by atoms with van der Waals surface area (Å²) in [6.07, 6.45) is -0.784. The summed E-state index contributed by atoms with van der Waals surface area (Å²) in [5.41, 5.74) is 6.74. The van der Waals surface area contributed by atoms with Crippen LogP contribution in [0, 0.1) is 5.31 Å². The molecule has 0 aliphatic rings. The Morgan fingerprint density at radius 2 is 2.00 bits per heavy atom. The fourth-order valence-electron chi connectivity index (χ4n) is 2.82. The molecule has 1 aromatic carbocycles. The second-order valence-electron chi connectivity index (χ2n) is 5.97. The number of nitrogens with one attached hydrogen (secondary N) is 1. The van der Waals surface area contributed by atoms with Gasteiger partial charge in [-0.05, 0) is 0 Å². The fraction of sp³-hybridized carbons (Fsp3) is 0.312. The van der Waals surface area contributed by atoms with E-state index in [1.807, 2.05) is 12.1 Å². The average molecular weight is 370 g/mol. The molecule has 2 aromatic heterocycles. The van der Waals surface area contributed by atoms with Gasteiger partial charge in [0.05, 0.1) is 0 Å². The normalized spacial score (nSPS) is 12.0. The topological polar surface area (TPSA) is 141 Å². The zero-order valence-corrected chi connectivity index (χ0v) is 14.9. The molecule has 11 heteroatoms. The number of methoxy groups -OCH3 is 1. The monoisotopic (exact) mass is 370 g/mol. The van der Waals surface area contributed by atoms with Crippen molar-refractivity contribution < 1.29 is 14.5 Å². The molecule has 1 atom stereocenters. The molecule has 0 amide bonds. The molecule has 140 valence electrons. The molecule has 0 saturated heterocycles. The number of nitrogen functional groups attached to an aromatic ring is 1. The van der Waals surface area contributed by atoms with Gasteiger partial charge in [0.2, 0.25) is 0 Å². The van der Waals surface area contributed by atoms with Gasteiger partial charge in [0, 0.05) is 0 Å². The average Bonchev–Trinajstić information content (AvgIpc) is 2.88. The Morgan fingerprint density at radius 1 is 1.30 bits per heavy atom. The van der Waals surface area contributed by atoms with E-state index in [4.69, 9.17) is 20.4 Å². The van der Waals surface area contributed by atoms with Gasteiger partial charge in [-0.25, -0.2) is 0 Å². The van der Waals surface area contributed by atoms with Gasteiger partial charge < -0.3 is 0 Å². The van der Waals surface area contributed by atoms with Gasteiger partial charge >= 0.3 is 154 Å². The molecule has 0 radical (unpaired) electrons. The summed E-state index contributed by atoms with van der Waals surface area (Å²) in [5, 5.41) is 17.0. The van der Waals surface area contributed by atoms with Crippen LogP contribution in [0.25, 0.3) is 11.2 Å². The molecule has 1 unspecified atom stereocenters. The number of ether oxygens (including phenoxy) is 1. The molecule has 0 aliphatic carbocycles. The quantitative estimate of drug-likeness (QED) is 0.510. The van der Waals surface area contributed by atoms with Gasteiger partial charge in [-0.3, -0.25) is 0 Å². The molecular formula is C16H19BN6O4. The zero-order chi connectivity index (χ0) is 19.6. The number of nitrogens with zero attached hydrogens (tertiary/aromatic N) is 4. The van der Waals surface area contributed by atoms with Crippen LogP contribution in [0.4, 0.5) is 5.95 Å². The van der Waals surface area contributed by atoms with Crippen molar-refractivity contribution in [2.75, 3.05) is 12.8 Å². The first-order chi connectivity index (χ1) is 12.9. The molecule has 2 heterocycles. The first-order valence-electron chi connectivity index (χ1n) is 8.17. The summed E-state index contributed by atoms with van der Waals surface area (Å²) >= 11 is 0. The first-order valence-corrected chi connectivity index (χ1v) is 8.17. The van der Waals surface area contributed by atoms with Crippen LogP contribution in [-0.2, 0) is 13.1 Å². The van der Waals surface area contributed by atoms with Crippen molar-refractivity contribution in [3.8, 4) is 11.6 Å². The third-order valence-corrected chi connectivity index (χ3v) is 3.96. The van der Waals surface area contributed by atoms with E-state index in [9.17, 15) is 9.90 Å². The van der Waals surface area contributed by atoms with Gasteiger partial charge in [-0.2, -0.15) is 0 Å². The van der Waals surface area contributed by atoms with Crippen molar-refractivity contribution in [1.29, 1.82) is 5.31 Å². The van der Waals surface area contributed by atoms with Crippen molar-refractivity contribution in [3.63, 3.8) is 0 Å². The number of imidazole rings is 1. The Labute approximate surface area is 155 Å². The molecule has 4 N–H and O–H groups in total. The number of benzene rings is 1. The molecule has 0 bridgehead atoms. The third-order valence-electron chi connectivity index (χ3n) is 3.96. The van der Waals surface area contributed by atoms with E-state index >= 15 is 0 Å². The van der Waals surface area contributed by atoms with Crippen molar-refractivity contribution in [2.24, 2.45) is 0 Å². The molecule has 3 rings (SSSR count). The minimum absolute atomic E-state index is 0.0151. The summed E-state index contributed by atoms with van der Waals surface area (Å²) < 4.78 is 13.0. The van der Waals surface area contributed by atoms with E-state index in [1.165, 1.54) is 9.13 Å². The van der Waals surface area contributed by atoms with E-state index in [0.29, 0.717) is 13.0 Å². The number of hydrogen-bond acceptors (Lipinski definition) is 8. The van der Waals surface area contributed by atoms with Crippen LogP contribution in [0.2, 0.25) is 0 Å². The Bertz CT molecular complexity index is 1030. The predicted octanol–water partition coefficient (Wildman–Crippen LogP) is 0.373. The van der Waals surface area contributed by atoms with Crippen LogP contribution in [0.15, 0.2) is 29.1 Å². The van der Waals surface area contributed by atoms with Crippen LogP contribution in [0.5, 0.6) is 11.6 Å². The number of aliphatic hydroxyl groups is 1. The van der Waals surface area contributed by atoms with Gasteiger partial charge in [-0.1, -0.05) is 0 Å². The summed E-state index contributed by atoms with van der Waals surface area (Å²) in [4.78, 5) is 21.1. The molecule has 0 saturated carbocycles. The molecule has 0 aliphatic heterocycles. The zero-order valence-electron chi connectivity index (χ0n) is 14.9. The fourth-order valence-corrected chi connectivity index (χ4v) is 2.82. The van der Waals surface area contributed by atoms with E-state index in [0.717, 1.165) is 5.56 Å². The molecule has 0 fully saturated rings. The third kappa shape index (κ3) is 3.67. The number of hydrogen-bond donors (Lipinski definition) is 3. The van der Waals surface area contributed by atoms with Gasteiger partial charge in [-0.15, -0.1) is 0 Å². The van der Waals surface area contributed by atoms with Crippen LogP contribution in [-0.4, -0.2) is 44.7 Å². The summed E-state index contributed by atoms with van der Waals surface area (Å²) in [7, 11) is 2.27. The second-order valence-corrected chi connectivity index (χ2v) is 5.97. The Kier molecular flexibility index (Phi) is 5.22. The predicted molar refractivity (Wildman–Crippen MR) is 99.1 cm³/mol. The van der Waals surface area contributed by atoms with E-state index in [-0.39, 0.29) is 36.1 Å². The van der Waals surface area contributed by atoms with Crippen LogP contribution < -0.4 is 20.8 Å². The van der Waals surface area contributed by atoms with E-state index in [1.54, 1.807) is 26.2 Å². The number of aromatic nitrogens is 4. The molecular weight excluding hydrogens is 351 g/mol. The second kappa shape index (κ2) is 7.58. The summed E-state index contributed by atoms with van der Waals surface area (Å²) in [6.45, 7) is 1.81. The van der Waals surface area contributed by atoms with Crippen molar-refractivity contribution in [3.05, 3.63) is 40.3 Å². The molecule has 0 spiro atoms. The Morgan fingerprint density at radius 3 is 2.59 bits per heavy atom. The number of rotatable bonds is 7. The summed E-state index contributed by atoms with van der Waals surface area (Å²) in [6, 6.07) is 7.26. The van der Waals surface area contributed by atoms with Crippen LogP contribution in [0.1, 0.15) is 12.5 Å². The molecule has 10 nitrogen and oxygen atoms in total. The maximum absolute atomic E-state index is 13.0. The minimum atomic E-state index is -0.784. The van der Waals surface area contributed by atoms with E-state index < -0.39 is 11.8 Å². The van der Waals surface area contributed by atoms with Crippen molar-refractivity contribution >= 4 is 24.4 Å². The van der Waals surface area contributed by atoms with Gasteiger partial charge in [0.25, 0.3) is 0 Å². The number of anilines is 1.